The van der Waals surface area contributed by atoms with E-state index >= 15 is 0 Å². The summed E-state index contributed by atoms with van der Waals surface area (Å²) in [5.74, 6) is -1.07. The summed E-state index contributed by atoms with van der Waals surface area (Å²) in [6, 6.07) is 0. The number of fused-ring (bicyclic) bond motifs is 1. The van der Waals surface area contributed by atoms with Crippen LogP contribution in [0.3, 0.4) is 0 Å². The highest BCUT2D eigenvalue weighted by molar-refractivity contribution is 5.81. The molecule has 47 heavy (non-hydrogen) atoms. The van der Waals surface area contributed by atoms with E-state index in [-0.39, 0.29) is 60.6 Å². The summed E-state index contributed by atoms with van der Waals surface area (Å²) < 4.78 is 24.6. The number of rotatable bonds is 12. The van der Waals surface area contributed by atoms with Crippen LogP contribution in [0.15, 0.2) is 0 Å². The number of hydrogen-bond donors (Lipinski definition) is 1. The Morgan fingerprint density at radius 1 is 0.936 bits per heavy atom. The van der Waals surface area contributed by atoms with Gasteiger partial charge in [0.1, 0.15) is 23.4 Å². The van der Waals surface area contributed by atoms with Crippen molar-refractivity contribution in [3.8, 4) is 0 Å². The third-order valence-corrected chi connectivity index (χ3v) is 14.0. The molecule has 9 atom stereocenters. The number of aliphatic hydroxyl groups is 1. The summed E-state index contributed by atoms with van der Waals surface area (Å²) >= 11 is 0. The first-order valence-corrected chi connectivity index (χ1v) is 18.7. The largest absolute Gasteiger partial charge is 0.459 e. The Bertz CT molecular complexity index is 1280. The zero-order chi connectivity index (χ0) is 33.6. The molecule has 9 nitrogen and oxygen atoms in total. The van der Waals surface area contributed by atoms with Crippen LogP contribution in [0.5, 0.6) is 0 Å². The average Bonchev–Trinajstić information content (AvgIpc) is 3.75. The van der Waals surface area contributed by atoms with Gasteiger partial charge in [-0.25, -0.2) is 0 Å². The van der Waals surface area contributed by atoms with Crippen molar-refractivity contribution in [2.45, 2.75) is 166 Å². The van der Waals surface area contributed by atoms with E-state index in [1.54, 1.807) is 0 Å². The third-order valence-electron chi connectivity index (χ3n) is 14.0. The van der Waals surface area contributed by atoms with E-state index in [1.807, 2.05) is 27.7 Å². The number of carbonyl (C=O) groups excluding carboxylic acids is 4. The lowest BCUT2D eigenvalue weighted by molar-refractivity contribution is -0.226. The molecule has 8 aliphatic rings. The van der Waals surface area contributed by atoms with Gasteiger partial charge in [0.2, 0.25) is 0 Å². The topological polar surface area (TPSA) is 125 Å². The van der Waals surface area contributed by atoms with Gasteiger partial charge in [0.15, 0.2) is 0 Å². The Kier molecular flexibility index (Phi) is 8.12. The van der Waals surface area contributed by atoms with E-state index in [1.165, 1.54) is 0 Å². The van der Waals surface area contributed by atoms with Gasteiger partial charge in [0.05, 0.1) is 28.3 Å². The molecule has 0 radical (unpaired) electrons. The van der Waals surface area contributed by atoms with Crippen molar-refractivity contribution in [2.75, 3.05) is 0 Å². The lowest BCUT2D eigenvalue weighted by Crippen LogP contribution is -2.61. The first-order valence-electron chi connectivity index (χ1n) is 18.7. The van der Waals surface area contributed by atoms with Gasteiger partial charge < -0.3 is 24.1 Å². The van der Waals surface area contributed by atoms with Crippen LogP contribution in [0.25, 0.3) is 0 Å². The Labute approximate surface area is 279 Å². The van der Waals surface area contributed by atoms with Gasteiger partial charge in [-0.15, -0.1) is 0 Å². The highest BCUT2D eigenvalue weighted by Gasteiger charge is 2.64. The first kappa shape index (κ1) is 33.3. The Morgan fingerprint density at radius 2 is 1.62 bits per heavy atom. The minimum atomic E-state index is -1.03. The number of carbonyl (C=O) groups is 4. The molecule has 0 aromatic carbocycles. The molecule has 1 heterocycles. The van der Waals surface area contributed by atoms with E-state index in [2.05, 4.69) is 6.92 Å². The molecule has 8 fully saturated rings. The standard InChI is InChI=1S/C38H56O9/c1-6-35(5,33(42)45-28-24-13-26-27(14-24)31(40)44-29(26)28)20-25(30(39)46-37(7-2)10-8-9-11-37)19-34(3,4)32(41)47-38-17-22-12-23(18-38)16-36(43,15-22)21-38/h22-29,43H,6-21H2,1-5H3. The second-order valence-corrected chi connectivity index (χ2v) is 18.1. The quantitative estimate of drug-likeness (QED) is 0.193. The van der Waals surface area contributed by atoms with Gasteiger partial charge in [-0.3, -0.25) is 19.2 Å². The lowest BCUT2D eigenvalue weighted by Gasteiger charge is -2.59. The van der Waals surface area contributed by atoms with Crippen LogP contribution in [-0.2, 0) is 38.1 Å². The highest BCUT2D eigenvalue weighted by atomic mass is 16.6. The fourth-order valence-corrected chi connectivity index (χ4v) is 11.6. The molecule has 7 aliphatic carbocycles. The fourth-order valence-electron chi connectivity index (χ4n) is 11.6. The van der Waals surface area contributed by atoms with Crippen LogP contribution in [0.4, 0.5) is 0 Å². The maximum absolute atomic E-state index is 14.2. The normalized spacial score (nSPS) is 41.0. The van der Waals surface area contributed by atoms with Gasteiger partial charge in [0, 0.05) is 18.3 Å². The number of ether oxygens (including phenoxy) is 4. The molecule has 0 aromatic rings. The molecule has 1 aliphatic heterocycles. The van der Waals surface area contributed by atoms with Gasteiger partial charge in [-0.05, 0) is 129 Å². The molecule has 8 rings (SSSR count). The Balaban J connectivity index is 1.09. The molecule has 9 heteroatoms. The van der Waals surface area contributed by atoms with E-state index in [0.29, 0.717) is 31.1 Å². The van der Waals surface area contributed by atoms with E-state index < -0.39 is 39.7 Å². The Morgan fingerprint density at radius 3 is 2.23 bits per heavy atom. The molecular weight excluding hydrogens is 600 g/mol. The Hall–Kier alpha value is -2.16. The summed E-state index contributed by atoms with van der Waals surface area (Å²) in [6.07, 6.45) is 10.6. The van der Waals surface area contributed by atoms with E-state index in [4.69, 9.17) is 18.9 Å². The van der Waals surface area contributed by atoms with Crippen molar-refractivity contribution >= 4 is 23.9 Å². The molecule has 6 bridgehead atoms. The van der Waals surface area contributed by atoms with Gasteiger partial charge >= 0.3 is 23.9 Å². The van der Waals surface area contributed by atoms with Gasteiger partial charge in [-0.2, -0.15) is 0 Å². The lowest BCUT2D eigenvalue weighted by atomic mass is 9.52. The maximum atomic E-state index is 14.2. The molecule has 262 valence electrons. The van der Waals surface area contributed by atoms with Crippen molar-refractivity contribution < 1.29 is 43.2 Å². The van der Waals surface area contributed by atoms with Crippen molar-refractivity contribution in [3.63, 3.8) is 0 Å². The predicted molar refractivity (Wildman–Crippen MR) is 170 cm³/mol. The van der Waals surface area contributed by atoms with E-state index in [9.17, 15) is 24.3 Å². The number of esters is 4. The van der Waals surface area contributed by atoms with Crippen molar-refractivity contribution in [2.24, 2.45) is 46.3 Å². The van der Waals surface area contributed by atoms with Crippen molar-refractivity contribution in [1.82, 2.24) is 0 Å². The number of hydrogen-bond acceptors (Lipinski definition) is 9. The fraction of sp³-hybridized carbons (Fsp3) is 0.895. The van der Waals surface area contributed by atoms with Crippen LogP contribution in [-0.4, -0.2) is 58.0 Å². The minimum absolute atomic E-state index is 0.0681. The first-order chi connectivity index (χ1) is 22.1. The average molecular weight is 657 g/mol. The second-order valence-electron chi connectivity index (χ2n) is 18.1. The monoisotopic (exact) mass is 656 g/mol. The third kappa shape index (κ3) is 5.82. The zero-order valence-electron chi connectivity index (χ0n) is 29.1. The smallest absolute Gasteiger partial charge is 0.312 e. The molecule has 9 unspecified atom stereocenters. The molecule has 1 saturated heterocycles. The van der Waals surface area contributed by atoms with Crippen LogP contribution < -0.4 is 0 Å². The SMILES string of the molecule is CCC1(OC(=O)C(CC(C)(C)C(=O)OC23CC4CC(CC(O)(C4)C2)C3)CC(C)(CC)C(=O)OC2C3CC4C(=O)OC2C4C3)CCCC1. The summed E-state index contributed by atoms with van der Waals surface area (Å²) in [5, 5.41) is 11.3. The molecule has 0 spiro atoms. The second kappa shape index (κ2) is 11.4. The zero-order valence-corrected chi connectivity index (χ0v) is 29.1. The molecule has 0 amide bonds. The molecular formula is C38H56O9. The minimum Gasteiger partial charge on any atom is -0.459 e. The van der Waals surface area contributed by atoms with Crippen LogP contribution >= 0.6 is 0 Å². The molecule has 1 N–H and O–H groups in total. The van der Waals surface area contributed by atoms with E-state index in [0.717, 1.165) is 70.6 Å². The molecule has 0 aromatic heterocycles. The summed E-state index contributed by atoms with van der Waals surface area (Å²) in [4.78, 5) is 54.6. The highest BCUT2D eigenvalue weighted by Crippen LogP contribution is 2.60. The van der Waals surface area contributed by atoms with Crippen molar-refractivity contribution in [1.29, 1.82) is 0 Å². The van der Waals surface area contributed by atoms with Crippen molar-refractivity contribution in [3.05, 3.63) is 0 Å². The van der Waals surface area contributed by atoms with Crippen LogP contribution in [0.1, 0.15) is 137 Å². The van der Waals surface area contributed by atoms with Gasteiger partial charge in [-0.1, -0.05) is 13.8 Å². The summed E-state index contributed by atoms with van der Waals surface area (Å²) in [6.45, 7) is 9.49. The maximum Gasteiger partial charge on any atom is 0.312 e. The van der Waals surface area contributed by atoms with Gasteiger partial charge in [0.25, 0.3) is 0 Å². The predicted octanol–water partition coefficient (Wildman–Crippen LogP) is 6.21. The summed E-state index contributed by atoms with van der Waals surface area (Å²) in [7, 11) is 0. The van der Waals surface area contributed by atoms with Crippen LogP contribution in [0.2, 0.25) is 0 Å². The molecule has 7 saturated carbocycles. The summed E-state index contributed by atoms with van der Waals surface area (Å²) in [5.41, 5.74) is -3.95. The van der Waals surface area contributed by atoms with Crippen LogP contribution in [0, 0.1) is 46.3 Å².